The predicted molar refractivity (Wildman–Crippen MR) is 55.1 cm³/mol. The number of carbonyl (C=O) groups is 2. The first-order chi connectivity index (χ1) is 7.22. The lowest BCUT2D eigenvalue weighted by Gasteiger charge is -2.40. The van der Waals surface area contributed by atoms with Crippen molar-refractivity contribution in [3.63, 3.8) is 0 Å². The molecule has 0 unspecified atom stereocenters. The Morgan fingerprint density at radius 3 is 2.19 bits per heavy atom. The SMILES string of the molecule is CC(C)(C)OC(=O)NC1(OC(=O)O)CCC1. The van der Waals surface area contributed by atoms with Crippen LogP contribution in [0.4, 0.5) is 9.59 Å². The van der Waals surface area contributed by atoms with Crippen LogP contribution < -0.4 is 5.32 Å². The Balaban J connectivity index is 2.50. The zero-order valence-corrected chi connectivity index (χ0v) is 9.70. The van der Waals surface area contributed by atoms with Gasteiger partial charge in [0.1, 0.15) is 5.60 Å². The van der Waals surface area contributed by atoms with Crippen molar-refractivity contribution in [1.29, 1.82) is 0 Å². The van der Waals surface area contributed by atoms with Gasteiger partial charge in [0.05, 0.1) is 0 Å². The number of carbonyl (C=O) groups excluding carboxylic acids is 1. The molecule has 0 spiro atoms. The van der Waals surface area contributed by atoms with E-state index in [0.29, 0.717) is 12.8 Å². The van der Waals surface area contributed by atoms with Crippen LogP contribution in [-0.2, 0) is 9.47 Å². The molecule has 0 aromatic carbocycles. The smallest absolute Gasteiger partial charge is 0.450 e. The summed E-state index contributed by atoms with van der Waals surface area (Å²) in [6.07, 6.45) is -0.260. The number of amides is 1. The van der Waals surface area contributed by atoms with Crippen molar-refractivity contribution in [3.05, 3.63) is 0 Å². The lowest BCUT2D eigenvalue weighted by atomic mass is 9.88. The van der Waals surface area contributed by atoms with Crippen LogP contribution in [-0.4, -0.2) is 28.7 Å². The lowest BCUT2D eigenvalue weighted by Crippen LogP contribution is -2.57. The molecule has 1 aliphatic rings. The second kappa shape index (κ2) is 4.19. The standard InChI is InChI=1S/C10H17NO5/c1-9(2,3)15-7(12)11-10(5-4-6-10)16-8(13)14/h4-6H2,1-3H3,(H,11,12)(H,13,14). The van der Waals surface area contributed by atoms with E-state index in [-0.39, 0.29) is 0 Å². The topological polar surface area (TPSA) is 84.9 Å². The number of rotatable bonds is 2. The highest BCUT2D eigenvalue weighted by molar-refractivity contribution is 5.69. The van der Waals surface area contributed by atoms with E-state index in [1.807, 2.05) is 0 Å². The van der Waals surface area contributed by atoms with Gasteiger partial charge in [0.2, 0.25) is 0 Å². The molecule has 1 fully saturated rings. The summed E-state index contributed by atoms with van der Waals surface area (Å²) >= 11 is 0. The fourth-order valence-corrected chi connectivity index (χ4v) is 1.41. The molecule has 2 N–H and O–H groups in total. The fourth-order valence-electron chi connectivity index (χ4n) is 1.41. The predicted octanol–water partition coefficient (Wildman–Crippen LogP) is 2.09. The van der Waals surface area contributed by atoms with Crippen molar-refractivity contribution in [2.24, 2.45) is 0 Å². The molecule has 6 nitrogen and oxygen atoms in total. The first-order valence-electron chi connectivity index (χ1n) is 5.16. The fraction of sp³-hybridized carbons (Fsp3) is 0.800. The summed E-state index contributed by atoms with van der Waals surface area (Å²) in [5.41, 5.74) is -1.70. The van der Waals surface area contributed by atoms with Gasteiger partial charge in [0, 0.05) is 12.8 Å². The van der Waals surface area contributed by atoms with E-state index in [4.69, 9.17) is 9.84 Å². The van der Waals surface area contributed by atoms with Gasteiger partial charge in [-0.2, -0.15) is 0 Å². The summed E-state index contributed by atoms with van der Waals surface area (Å²) in [6, 6.07) is 0. The Morgan fingerprint density at radius 1 is 1.31 bits per heavy atom. The number of hydrogen-bond donors (Lipinski definition) is 2. The molecule has 1 rings (SSSR count). The summed E-state index contributed by atoms with van der Waals surface area (Å²) in [7, 11) is 0. The Kier molecular flexibility index (Phi) is 3.30. The van der Waals surface area contributed by atoms with E-state index in [9.17, 15) is 9.59 Å². The number of ether oxygens (including phenoxy) is 2. The van der Waals surface area contributed by atoms with Crippen LogP contribution in [0, 0.1) is 0 Å². The molecular formula is C10H17NO5. The zero-order chi connectivity index (χ0) is 12.4. The van der Waals surface area contributed by atoms with Gasteiger partial charge in [0.15, 0.2) is 5.72 Å². The lowest BCUT2D eigenvalue weighted by molar-refractivity contribution is -0.0914. The summed E-state index contributed by atoms with van der Waals surface area (Å²) < 4.78 is 9.69. The van der Waals surface area contributed by atoms with Crippen molar-refractivity contribution in [1.82, 2.24) is 5.32 Å². The van der Waals surface area contributed by atoms with E-state index in [1.165, 1.54) is 0 Å². The first kappa shape index (κ1) is 12.6. The van der Waals surface area contributed by atoms with Crippen LogP contribution in [0.1, 0.15) is 40.0 Å². The number of alkyl carbamates (subject to hydrolysis) is 1. The molecule has 0 aromatic heterocycles. The van der Waals surface area contributed by atoms with E-state index >= 15 is 0 Å². The molecule has 0 atom stereocenters. The minimum Gasteiger partial charge on any atom is -0.450 e. The molecule has 1 saturated carbocycles. The van der Waals surface area contributed by atoms with Crippen LogP contribution in [0.3, 0.4) is 0 Å². The molecule has 0 radical (unpaired) electrons. The van der Waals surface area contributed by atoms with Crippen LogP contribution in [0.25, 0.3) is 0 Å². The van der Waals surface area contributed by atoms with Gasteiger partial charge in [0.25, 0.3) is 0 Å². The molecule has 0 heterocycles. The number of hydrogen-bond acceptors (Lipinski definition) is 4. The Morgan fingerprint density at radius 2 is 1.88 bits per heavy atom. The van der Waals surface area contributed by atoms with Crippen molar-refractivity contribution < 1.29 is 24.2 Å². The van der Waals surface area contributed by atoms with E-state index in [2.05, 4.69) is 10.1 Å². The second-order valence-corrected chi connectivity index (χ2v) is 4.84. The van der Waals surface area contributed by atoms with Gasteiger partial charge in [-0.3, -0.25) is 5.32 Å². The zero-order valence-electron chi connectivity index (χ0n) is 9.70. The van der Waals surface area contributed by atoms with Gasteiger partial charge in [-0.15, -0.1) is 0 Å². The van der Waals surface area contributed by atoms with Crippen LogP contribution in [0.15, 0.2) is 0 Å². The molecule has 16 heavy (non-hydrogen) atoms. The van der Waals surface area contributed by atoms with Crippen molar-refractivity contribution in [2.75, 3.05) is 0 Å². The average Bonchev–Trinajstić information content (AvgIpc) is 1.95. The molecule has 1 aliphatic carbocycles. The third kappa shape index (κ3) is 3.60. The van der Waals surface area contributed by atoms with Gasteiger partial charge in [-0.1, -0.05) is 0 Å². The highest BCUT2D eigenvalue weighted by atomic mass is 16.7. The van der Waals surface area contributed by atoms with Crippen molar-refractivity contribution in [2.45, 2.75) is 51.4 Å². The van der Waals surface area contributed by atoms with E-state index in [0.717, 1.165) is 6.42 Å². The quantitative estimate of drug-likeness (QED) is 0.561. The molecule has 6 heteroatoms. The average molecular weight is 231 g/mol. The summed E-state index contributed by atoms with van der Waals surface area (Å²) in [5, 5.41) is 11.0. The Bertz CT molecular complexity index is 290. The monoisotopic (exact) mass is 231 g/mol. The molecule has 1 amide bonds. The summed E-state index contributed by atoms with van der Waals surface area (Å²) in [6.45, 7) is 5.20. The second-order valence-electron chi connectivity index (χ2n) is 4.84. The minimum absolute atomic E-state index is 0.485. The number of nitrogens with one attached hydrogen (secondary N) is 1. The maximum absolute atomic E-state index is 11.4. The molecule has 0 aliphatic heterocycles. The Hall–Kier alpha value is -1.46. The van der Waals surface area contributed by atoms with Crippen LogP contribution >= 0.6 is 0 Å². The highest BCUT2D eigenvalue weighted by Gasteiger charge is 2.43. The number of carboxylic acid groups (broad SMARTS) is 1. The molecular weight excluding hydrogens is 214 g/mol. The van der Waals surface area contributed by atoms with Crippen LogP contribution in [0.2, 0.25) is 0 Å². The van der Waals surface area contributed by atoms with E-state index in [1.54, 1.807) is 20.8 Å². The van der Waals surface area contributed by atoms with E-state index < -0.39 is 23.6 Å². The van der Waals surface area contributed by atoms with Gasteiger partial charge in [-0.05, 0) is 27.2 Å². The third-order valence-electron chi connectivity index (χ3n) is 2.17. The first-order valence-corrected chi connectivity index (χ1v) is 5.16. The summed E-state index contributed by atoms with van der Waals surface area (Å²) in [4.78, 5) is 21.9. The largest absolute Gasteiger partial charge is 0.507 e. The maximum atomic E-state index is 11.4. The molecule has 0 aromatic rings. The summed E-state index contributed by atoms with van der Waals surface area (Å²) in [5.74, 6) is 0. The van der Waals surface area contributed by atoms with Gasteiger partial charge in [-0.25, -0.2) is 9.59 Å². The highest BCUT2D eigenvalue weighted by Crippen LogP contribution is 2.33. The Labute approximate surface area is 93.9 Å². The minimum atomic E-state index is -1.39. The molecule has 0 saturated heterocycles. The van der Waals surface area contributed by atoms with Crippen LogP contribution in [0.5, 0.6) is 0 Å². The molecule has 92 valence electrons. The van der Waals surface area contributed by atoms with Gasteiger partial charge >= 0.3 is 12.2 Å². The van der Waals surface area contributed by atoms with Gasteiger partial charge < -0.3 is 14.6 Å². The van der Waals surface area contributed by atoms with Crippen molar-refractivity contribution in [3.8, 4) is 0 Å². The maximum Gasteiger partial charge on any atom is 0.507 e. The normalized spacial score (nSPS) is 18.2. The molecule has 0 bridgehead atoms. The van der Waals surface area contributed by atoms with Crippen molar-refractivity contribution >= 4 is 12.2 Å². The third-order valence-corrected chi connectivity index (χ3v) is 2.17.